The van der Waals surface area contributed by atoms with Crippen LogP contribution in [-0.4, -0.2) is 4.40 Å². The molecule has 0 amide bonds. The van der Waals surface area contributed by atoms with Gasteiger partial charge in [-0.1, -0.05) is 49.1 Å². The Balaban J connectivity index is 1.75. The third kappa shape index (κ3) is 2.20. The minimum Gasteiger partial charge on any atom is -0.308 e. The zero-order valence-corrected chi connectivity index (χ0v) is 19.2. The molecule has 3 heteroatoms. The van der Waals surface area contributed by atoms with E-state index in [0.29, 0.717) is 0 Å². The summed E-state index contributed by atoms with van der Waals surface area (Å²) in [5.74, 6) is 0. The summed E-state index contributed by atoms with van der Waals surface area (Å²) < 4.78 is 5.07. The maximum Gasteiger partial charge on any atom is 0.0616 e. The standard InChI is InChI=1S/C29H19NS2/c1-3-18-20-7-5-6-8-25(20)30-26-15-22-16(13-23(26)19(4-2)28(18)30)9-11-21-24-14-17(31)10-12-27(24)32-29(21)22/h3-15,31H,2H2,1H3/b18-3-. The number of aromatic nitrogens is 1. The second kappa shape index (κ2) is 6.38. The van der Waals surface area contributed by atoms with Gasteiger partial charge in [0.15, 0.2) is 0 Å². The zero-order valence-electron chi connectivity index (χ0n) is 17.5. The van der Waals surface area contributed by atoms with E-state index in [1.54, 1.807) is 0 Å². The second-order valence-corrected chi connectivity index (χ2v) is 9.91. The molecular weight excluding hydrogens is 426 g/mol. The molecule has 152 valence electrons. The number of rotatable bonds is 1. The van der Waals surface area contributed by atoms with E-state index in [-0.39, 0.29) is 0 Å². The van der Waals surface area contributed by atoms with Gasteiger partial charge in [0.2, 0.25) is 0 Å². The molecule has 3 heterocycles. The van der Waals surface area contributed by atoms with Crippen molar-refractivity contribution in [2.45, 2.75) is 11.8 Å². The van der Waals surface area contributed by atoms with E-state index >= 15 is 0 Å². The van der Waals surface area contributed by atoms with E-state index in [0.717, 1.165) is 4.90 Å². The molecular formula is C29H19NS2. The number of thiophene rings is 1. The lowest BCUT2D eigenvalue weighted by Crippen LogP contribution is -1.97. The summed E-state index contributed by atoms with van der Waals surface area (Å²) in [6.07, 6.45) is 4.24. The van der Waals surface area contributed by atoms with Gasteiger partial charge in [-0.2, -0.15) is 0 Å². The molecule has 0 spiro atoms. The molecule has 0 atom stereocenters. The van der Waals surface area contributed by atoms with Crippen molar-refractivity contribution in [1.82, 2.24) is 4.40 Å². The van der Waals surface area contributed by atoms with Gasteiger partial charge in [-0.3, -0.25) is 0 Å². The Kier molecular flexibility index (Phi) is 3.65. The molecule has 7 rings (SSSR count). The molecule has 7 aromatic rings. The summed E-state index contributed by atoms with van der Waals surface area (Å²) in [5.41, 5.74) is 4.95. The summed E-state index contributed by atoms with van der Waals surface area (Å²) in [4.78, 5) is 1.00. The van der Waals surface area contributed by atoms with E-state index in [1.165, 1.54) is 69.0 Å². The fourth-order valence-electron chi connectivity index (χ4n) is 5.39. The van der Waals surface area contributed by atoms with Gasteiger partial charge in [-0.25, -0.2) is 0 Å². The minimum atomic E-state index is 1.00. The highest BCUT2D eigenvalue weighted by molar-refractivity contribution is 7.80. The van der Waals surface area contributed by atoms with Crippen molar-refractivity contribution >= 4 is 94.4 Å². The van der Waals surface area contributed by atoms with Crippen molar-refractivity contribution < 1.29 is 0 Å². The lowest BCUT2D eigenvalue weighted by atomic mass is 10.0. The number of hydrogen-bond donors (Lipinski definition) is 1. The monoisotopic (exact) mass is 445 g/mol. The maximum atomic E-state index is 4.57. The first-order chi connectivity index (χ1) is 15.7. The first-order valence-electron chi connectivity index (χ1n) is 10.7. The Morgan fingerprint density at radius 3 is 2.56 bits per heavy atom. The van der Waals surface area contributed by atoms with Gasteiger partial charge in [0.1, 0.15) is 0 Å². The summed E-state index contributed by atoms with van der Waals surface area (Å²) in [6.45, 7) is 6.31. The van der Waals surface area contributed by atoms with E-state index in [1.807, 2.05) is 17.4 Å². The predicted molar refractivity (Wildman–Crippen MR) is 146 cm³/mol. The lowest BCUT2D eigenvalue weighted by molar-refractivity contribution is 1.36. The van der Waals surface area contributed by atoms with E-state index in [4.69, 9.17) is 0 Å². The Labute approximate surface area is 194 Å². The Morgan fingerprint density at radius 1 is 0.844 bits per heavy atom. The van der Waals surface area contributed by atoms with Crippen molar-refractivity contribution in [3.63, 3.8) is 0 Å². The van der Waals surface area contributed by atoms with E-state index in [2.05, 4.69) is 103 Å². The molecule has 4 aromatic carbocycles. The number of nitrogens with zero attached hydrogens (tertiary/aromatic N) is 1. The van der Waals surface area contributed by atoms with Crippen LogP contribution >= 0.6 is 24.0 Å². The highest BCUT2D eigenvalue weighted by Crippen LogP contribution is 2.41. The third-order valence-corrected chi connectivity index (χ3v) is 8.24. The highest BCUT2D eigenvalue weighted by atomic mass is 32.1. The molecule has 0 radical (unpaired) electrons. The van der Waals surface area contributed by atoms with Crippen LogP contribution in [0.2, 0.25) is 0 Å². The Bertz CT molecular complexity index is 1970. The van der Waals surface area contributed by atoms with Crippen LogP contribution in [0.25, 0.3) is 70.4 Å². The van der Waals surface area contributed by atoms with Crippen LogP contribution in [0.1, 0.15) is 12.5 Å². The quantitative estimate of drug-likeness (QED) is 0.243. The average Bonchev–Trinajstić information content (AvgIpc) is 3.44. The molecule has 0 aliphatic carbocycles. The third-order valence-electron chi connectivity index (χ3n) is 6.74. The van der Waals surface area contributed by atoms with Crippen LogP contribution in [0.5, 0.6) is 0 Å². The summed E-state index contributed by atoms with van der Waals surface area (Å²) >= 11 is 6.44. The van der Waals surface area contributed by atoms with Crippen molar-refractivity contribution in [3.8, 4) is 0 Å². The number of hydrogen-bond acceptors (Lipinski definition) is 2. The predicted octanol–water partition coefficient (Wildman–Crippen LogP) is 8.22. The number of thiol groups is 1. The van der Waals surface area contributed by atoms with Crippen LogP contribution in [-0.2, 0) is 0 Å². The van der Waals surface area contributed by atoms with Gasteiger partial charge in [0.25, 0.3) is 0 Å². The molecule has 0 aliphatic heterocycles. The molecule has 1 nitrogen and oxygen atoms in total. The summed E-state index contributed by atoms with van der Waals surface area (Å²) in [6, 6.07) is 24.4. The molecule has 0 N–H and O–H groups in total. The van der Waals surface area contributed by atoms with Gasteiger partial charge in [-0.15, -0.1) is 24.0 Å². The fourth-order valence-corrected chi connectivity index (χ4v) is 6.80. The lowest BCUT2D eigenvalue weighted by Gasteiger charge is -2.03. The normalized spacial score (nSPS) is 13.0. The molecule has 0 fully saturated rings. The first kappa shape index (κ1) is 18.3. The molecule has 3 aromatic heterocycles. The number of fused-ring (bicyclic) bond motifs is 10. The van der Waals surface area contributed by atoms with Gasteiger partial charge in [0, 0.05) is 52.0 Å². The Morgan fingerprint density at radius 2 is 1.72 bits per heavy atom. The molecule has 0 unspecified atom stereocenters. The summed E-state index contributed by atoms with van der Waals surface area (Å²) in [5, 5.41) is 8.99. The SMILES string of the molecule is C=Cc1c2cc3ccc4c5cc(S)ccc5sc4c3cc2n2c1/c(=C\C)c1ccccc12. The first-order valence-corrected chi connectivity index (χ1v) is 12.0. The van der Waals surface area contributed by atoms with E-state index in [9.17, 15) is 0 Å². The Hall–Kier alpha value is -3.27. The number of para-hydroxylation sites is 1. The second-order valence-electron chi connectivity index (χ2n) is 8.34. The van der Waals surface area contributed by atoms with Gasteiger partial charge < -0.3 is 4.40 Å². The molecule has 0 saturated heterocycles. The molecule has 0 bridgehead atoms. The minimum absolute atomic E-state index is 1.00. The smallest absolute Gasteiger partial charge is 0.0616 e. The molecule has 0 saturated carbocycles. The summed E-state index contributed by atoms with van der Waals surface area (Å²) in [7, 11) is 0. The molecule has 32 heavy (non-hydrogen) atoms. The van der Waals surface area contributed by atoms with Crippen LogP contribution < -0.4 is 5.22 Å². The van der Waals surface area contributed by atoms with Crippen LogP contribution in [0, 0.1) is 0 Å². The van der Waals surface area contributed by atoms with Crippen LogP contribution in [0.15, 0.2) is 78.2 Å². The topological polar surface area (TPSA) is 4.41 Å². The molecule has 0 aliphatic rings. The average molecular weight is 446 g/mol. The van der Waals surface area contributed by atoms with Crippen molar-refractivity contribution in [3.05, 3.63) is 84.1 Å². The maximum absolute atomic E-state index is 4.57. The van der Waals surface area contributed by atoms with Gasteiger partial charge in [-0.05, 0) is 48.7 Å². The fraction of sp³-hybridized carbons (Fsp3) is 0.0345. The van der Waals surface area contributed by atoms with Crippen molar-refractivity contribution in [2.24, 2.45) is 0 Å². The van der Waals surface area contributed by atoms with Crippen molar-refractivity contribution in [1.29, 1.82) is 0 Å². The van der Waals surface area contributed by atoms with Crippen LogP contribution in [0.3, 0.4) is 0 Å². The van der Waals surface area contributed by atoms with Gasteiger partial charge in [0.05, 0.1) is 16.6 Å². The van der Waals surface area contributed by atoms with Gasteiger partial charge >= 0.3 is 0 Å². The zero-order chi connectivity index (χ0) is 21.6. The van der Waals surface area contributed by atoms with Crippen molar-refractivity contribution in [2.75, 3.05) is 0 Å². The van der Waals surface area contributed by atoms with Crippen LogP contribution in [0.4, 0.5) is 0 Å². The number of benzene rings is 4. The highest BCUT2D eigenvalue weighted by Gasteiger charge is 2.18. The van der Waals surface area contributed by atoms with E-state index < -0.39 is 0 Å². The largest absolute Gasteiger partial charge is 0.308 e.